The fourth-order valence-electron chi connectivity index (χ4n) is 1.78. The first-order valence-electron chi connectivity index (χ1n) is 5.98. The molecule has 2 aromatic rings. The highest BCUT2D eigenvalue weighted by atomic mass is 16.6. The number of H-pyrrole nitrogens is 2. The van der Waals surface area contributed by atoms with E-state index in [1.54, 1.807) is 4.98 Å². The number of nitro groups is 1. The summed E-state index contributed by atoms with van der Waals surface area (Å²) in [6, 6.07) is 4.40. The van der Waals surface area contributed by atoms with Crippen LogP contribution >= 0.6 is 0 Å². The zero-order chi connectivity index (χ0) is 16.3. The highest BCUT2D eigenvalue weighted by Gasteiger charge is 2.18. The summed E-state index contributed by atoms with van der Waals surface area (Å²) in [5, 5.41) is 20.4. The van der Waals surface area contributed by atoms with Crippen LogP contribution in [0.5, 0.6) is 11.5 Å². The molecule has 114 valence electrons. The standard InChI is InChI=1S/C13H11N3O6/c1-22-10-6-7(3-5-9(10)17)2-4-8-11(16(20)21)12(18)15-13(19)14-8/h2-6,17H,1H3,(H2,14,15,18,19)/b4-2-. The molecule has 9 heteroatoms. The average Bonchev–Trinajstić information content (AvgIpc) is 2.45. The van der Waals surface area contributed by atoms with Gasteiger partial charge >= 0.3 is 16.9 Å². The number of hydrogen-bond donors (Lipinski definition) is 3. The van der Waals surface area contributed by atoms with Gasteiger partial charge in [-0.25, -0.2) is 4.79 Å². The van der Waals surface area contributed by atoms with E-state index in [-0.39, 0.29) is 17.2 Å². The minimum absolute atomic E-state index is 0.0600. The van der Waals surface area contributed by atoms with E-state index in [1.807, 2.05) is 0 Å². The minimum atomic E-state index is -1.09. The predicted molar refractivity (Wildman–Crippen MR) is 77.9 cm³/mol. The van der Waals surface area contributed by atoms with E-state index in [0.717, 1.165) is 0 Å². The molecule has 0 bridgehead atoms. The Morgan fingerprint density at radius 2 is 2.00 bits per heavy atom. The summed E-state index contributed by atoms with van der Waals surface area (Å²) in [6.07, 6.45) is 2.65. The zero-order valence-corrected chi connectivity index (χ0v) is 11.3. The lowest BCUT2D eigenvalue weighted by Crippen LogP contribution is -2.25. The van der Waals surface area contributed by atoms with Crippen LogP contribution in [0.25, 0.3) is 12.2 Å². The number of hydrogen-bond acceptors (Lipinski definition) is 6. The van der Waals surface area contributed by atoms with Crippen molar-refractivity contribution in [2.24, 2.45) is 0 Å². The molecular weight excluding hydrogens is 294 g/mol. The molecule has 0 aliphatic rings. The first-order chi connectivity index (χ1) is 10.4. The van der Waals surface area contributed by atoms with Gasteiger partial charge in [-0.3, -0.25) is 19.9 Å². The Kier molecular flexibility index (Phi) is 4.07. The maximum absolute atomic E-state index is 11.5. The van der Waals surface area contributed by atoms with Crippen molar-refractivity contribution in [2.75, 3.05) is 7.11 Å². The molecule has 0 spiro atoms. The van der Waals surface area contributed by atoms with Crippen LogP contribution < -0.4 is 16.0 Å². The van der Waals surface area contributed by atoms with Gasteiger partial charge in [0.15, 0.2) is 11.5 Å². The number of aromatic nitrogens is 2. The van der Waals surface area contributed by atoms with Gasteiger partial charge in [0.25, 0.3) is 0 Å². The number of ether oxygens (including phenoxy) is 1. The molecule has 9 nitrogen and oxygen atoms in total. The van der Waals surface area contributed by atoms with Crippen molar-refractivity contribution in [2.45, 2.75) is 0 Å². The number of phenols is 1. The zero-order valence-electron chi connectivity index (χ0n) is 11.3. The first-order valence-corrected chi connectivity index (χ1v) is 5.98. The van der Waals surface area contributed by atoms with Gasteiger partial charge in [-0.2, -0.15) is 0 Å². The van der Waals surface area contributed by atoms with Crippen LogP contribution in [-0.4, -0.2) is 27.1 Å². The highest BCUT2D eigenvalue weighted by molar-refractivity contribution is 5.72. The summed E-state index contributed by atoms with van der Waals surface area (Å²) in [7, 11) is 1.38. The number of rotatable bonds is 4. The SMILES string of the molecule is COc1cc(/C=C\c2[nH]c(=O)[nH]c(=O)c2[N+](=O)[O-])ccc1O. The molecule has 0 amide bonds. The molecule has 0 aliphatic heterocycles. The third-order valence-corrected chi connectivity index (χ3v) is 2.77. The lowest BCUT2D eigenvalue weighted by molar-refractivity contribution is -0.386. The minimum Gasteiger partial charge on any atom is -0.504 e. The fraction of sp³-hybridized carbons (Fsp3) is 0.0769. The van der Waals surface area contributed by atoms with Crippen LogP contribution in [0.2, 0.25) is 0 Å². The Labute approximate surface area is 122 Å². The van der Waals surface area contributed by atoms with Crippen LogP contribution in [0.3, 0.4) is 0 Å². The van der Waals surface area contributed by atoms with Gasteiger partial charge in [0.05, 0.1) is 12.0 Å². The molecule has 0 fully saturated rings. The smallest absolute Gasteiger partial charge is 0.357 e. The normalized spacial score (nSPS) is 10.8. The molecule has 1 aromatic carbocycles. The molecule has 0 aliphatic carbocycles. The second-order valence-corrected chi connectivity index (χ2v) is 4.19. The number of nitrogens with one attached hydrogen (secondary N) is 2. The molecule has 22 heavy (non-hydrogen) atoms. The van der Waals surface area contributed by atoms with Gasteiger partial charge in [0.2, 0.25) is 0 Å². The van der Waals surface area contributed by atoms with E-state index in [0.29, 0.717) is 5.56 Å². The second kappa shape index (κ2) is 5.95. The van der Waals surface area contributed by atoms with Crippen LogP contribution in [-0.2, 0) is 0 Å². The number of phenolic OH excluding ortho intramolecular Hbond substituents is 1. The summed E-state index contributed by atoms with van der Waals surface area (Å²) >= 11 is 0. The summed E-state index contributed by atoms with van der Waals surface area (Å²) < 4.78 is 4.93. The van der Waals surface area contributed by atoms with Gasteiger partial charge < -0.3 is 14.8 Å². The monoisotopic (exact) mass is 305 g/mol. The topological polar surface area (TPSA) is 138 Å². The Morgan fingerprint density at radius 1 is 1.27 bits per heavy atom. The van der Waals surface area contributed by atoms with Gasteiger partial charge in [-0.1, -0.05) is 12.1 Å². The van der Waals surface area contributed by atoms with Crippen molar-refractivity contribution < 1.29 is 14.8 Å². The summed E-state index contributed by atoms with van der Waals surface area (Å²) in [5.41, 5.74) is -2.38. The third-order valence-electron chi connectivity index (χ3n) is 2.77. The van der Waals surface area contributed by atoms with Crippen molar-refractivity contribution in [3.8, 4) is 11.5 Å². The summed E-state index contributed by atoms with van der Waals surface area (Å²) in [4.78, 5) is 36.7. The summed E-state index contributed by atoms with van der Waals surface area (Å²) in [6.45, 7) is 0. The van der Waals surface area contributed by atoms with Crippen LogP contribution in [0, 0.1) is 10.1 Å². The Bertz CT molecular complexity index is 865. The van der Waals surface area contributed by atoms with Crippen molar-refractivity contribution in [3.05, 3.63) is 60.4 Å². The molecular formula is C13H11N3O6. The van der Waals surface area contributed by atoms with E-state index in [4.69, 9.17) is 4.74 Å². The first kappa shape index (κ1) is 15.0. The Hall–Kier alpha value is -3.36. The fourth-order valence-corrected chi connectivity index (χ4v) is 1.78. The van der Waals surface area contributed by atoms with Crippen molar-refractivity contribution >= 4 is 17.8 Å². The molecule has 0 atom stereocenters. The van der Waals surface area contributed by atoms with E-state index in [9.17, 15) is 24.8 Å². The average molecular weight is 305 g/mol. The largest absolute Gasteiger partial charge is 0.504 e. The number of aromatic amines is 2. The predicted octanol–water partition coefficient (Wildman–Crippen LogP) is 0.856. The Morgan fingerprint density at radius 3 is 2.64 bits per heavy atom. The molecule has 3 N–H and O–H groups in total. The van der Waals surface area contributed by atoms with Gasteiger partial charge in [-0.05, 0) is 23.8 Å². The molecule has 1 heterocycles. The molecule has 0 saturated carbocycles. The number of methoxy groups -OCH3 is 1. The summed E-state index contributed by atoms with van der Waals surface area (Å²) in [5.74, 6) is 0.159. The Balaban J connectivity index is 2.49. The van der Waals surface area contributed by atoms with E-state index in [2.05, 4.69) is 4.98 Å². The number of benzene rings is 1. The molecule has 2 rings (SSSR count). The van der Waals surface area contributed by atoms with Crippen LogP contribution in [0.15, 0.2) is 27.8 Å². The van der Waals surface area contributed by atoms with Gasteiger partial charge in [-0.15, -0.1) is 0 Å². The van der Waals surface area contributed by atoms with Crippen LogP contribution in [0.4, 0.5) is 5.69 Å². The lowest BCUT2D eigenvalue weighted by Gasteiger charge is -2.03. The molecule has 0 unspecified atom stereocenters. The van der Waals surface area contributed by atoms with Crippen molar-refractivity contribution in [1.82, 2.24) is 9.97 Å². The van der Waals surface area contributed by atoms with Crippen molar-refractivity contribution in [3.63, 3.8) is 0 Å². The van der Waals surface area contributed by atoms with E-state index >= 15 is 0 Å². The van der Waals surface area contributed by atoms with Crippen molar-refractivity contribution in [1.29, 1.82) is 0 Å². The second-order valence-electron chi connectivity index (χ2n) is 4.19. The maximum atomic E-state index is 11.5. The van der Waals surface area contributed by atoms with E-state index < -0.39 is 21.9 Å². The molecule has 0 radical (unpaired) electrons. The maximum Gasteiger partial charge on any atom is 0.357 e. The van der Waals surface area contributed by atoms with E-state index in [1.165, 1.54) is 37.5 Å². The number of nitrogens with zero attached hydrogens (tertiary/aromatic N) is 1. The number of aromatic hydroxyl groups is 1. The quantitative estimate of drug-likeness (QED) is 0.565. The van der Waals surface area contributed by atoms with Gasteiger partial charge in [0.1, 0.15) is 5.69 Å². The molecule has 0 saturated heterocycles. The molecule has 1 aromatic heterocycles. The van der Waals surface area contributed by atoms with Gasteiger partial charge in [0, 0.05) is 0 Å². The van der Waals surface area contributed by atoms with Crippen LogP contribution in [0.1, 0.15) is 11.3 Å². The highest BCUT2D eigenvalue weighted by Crippen LogP contribution is 2.27. The lowest BCUT2D eigenvalue weighted by atomic mass is 10.1. The third kappa shape index (κ3) is 3.03.